The number of hydrogen-bond donors (Lipinski definition) is 2. The van der Waals surface area contributed by atoms with Gasteiger partial charge in [-0.1, -0.05) is 13.8 Å². The van der Waals surface area contributed by atoms with Gasteiger partial charge in [0, 0.05) is 5.69 Å². The summed E-state index contributed by atoms with van der Waals surface area (Å²) in [7, 11) is 1.30. The number of hydrogen-bond acceptors (Lipinski definition) is 5. The summed E-state index contributed by atoms with van der Waals surface area (Å²) in [5.41, 5.74) is 1.28. The van der Waals surface area contributed by atoms with Crippen LogP contribution in [-0.2, 0) is 14.3 Å². The lowest BCUT2D eigenvalue weighted by Gasteiger charge is -2.18. The molecule has 0 aliphatic carbocycles. The van der Waals surface area contributed by atoms with E-state index in [4.69, 9.17) is 10.00 Å². The van der Waals surface area contributed by atoms with Crippen LogP contribution in [0.5, 0.6) is 0 Å². The number of ether oxygens (including phenoxy) is 1. The van der Waals surface area contributed by atoms with E-state index in [9.17, 15) is 9.59 Å². The number of carbonyl (C=O) groups excluding carboxylic acids is 2. The second kappa shape index (κ2) is 8.67. The third-order valence-corrected chi connectivity index (χ3v) is 3.00. The Balaban J connectivity index is 2.52. The highest BCUT2D eigenvalue weighted by atomic mass is 16.5. The third kappa shape index (κ3) is 5.83. The maximum atomic E-state index is 11.9. The van der Waals surface area contributed by atoms with Crippen LogP contribution in [0, 0.1) is 17.2 Å². The van der Waals surface area contributed by atoms with Crippen molar-refractivity contribution in [1.29, 1.82) is 5.26 Å². The monoisotopic (exact) mass is 303 g/mol. The van der Waals surface area contributed by atoms with Crippen LogP contribution in [0.15, 0.2) is 24.3 Å². The molecule has 1 unspecified atom stereocenters. The fraction of sp³-hybridized carbons (Fsp3) is 0.438. The van der Waals surface area contributed by atoms with Gasteiger partial charge in [0.25, 0.3) is 0 Å². The van der Waals surface area contributed by atoms with Crippen molar-refractivity contribution in [3.8, 4) is 6.07 Å². The average molecular weight is 303 g/mol. The van der Waals surface area contributed by atoms with E-state index in [2.05, 4.69) is 10.6 Å². The van der Waals surface area contributed by atoms with Crippen LogP contribution < -0.4 is 10.6 Å². The van der Waals surface area contributed by atoms with Crippen molar-refractivity contribution in [3.05, 3.63) is 29.8 Å². The van der Waals surface area contributed by atoms with Crippen LogP contribution in [0.2, 0.25) is 0 Å². The highest BCUT2D eigenvalue weighted by molar-refractivity contribution is 5.86. The van der Waals surface area contributed by atoms with Crippen molar-refractivity contribution in [3.63, 3.8) is 0 Å². The zero-order valence-electron chi connectivity index (χ0n) is 13.1. The molecule has 0 aliphatic rings. The summed E-state index contributed by atoms with van der Waals surface area (Å²) in [6.45, 7) is 3.98. The number of amides is 1. The number of rotatable bonds is 7. The first-order valence-corrected chi connectivity index (χ1v) is 7.07. The molecule has 0 spiro atoms. The fourth-order valence-electron chi connectivity index (χ4n) is 1.92. The lowest BCUT2D eigenvalue weighted by atomic mass is 10.0. The maximum absolute atomic E-state index is 11.9. The number of methoxy groups -OCH3 is 1. The minimum absolute atomic E-state index is 0.0392. The summed E-state index contributed by atoms with van der Waals surface area (Å²) in [6.07, 6.45) is 0.523. The van der Waals surface area contributed by atoms with Gasteiger partial charge in [-0.2, -0.15) is 5.26 Å². The van der Waals surface area contributed by atoms with Crippen LogP contribution in [-0.4, -0.2) is 31.6 Å². The third-order valence-electron chi connectivity index (χ3n) is 3.00. The zero-order valence-corrected chi connectivity index (χ0v) is 13.1. The molecule has 0 aromatic heterocycles. The summed E-state index contributed by atoms with van der Waals surface area (Å²) in [5, 5.41) is 14.3. The SMILES string of the molecule is COC(=O)C(CC(C)C)NC(=O)CNc1ccc(C#N)cc1. The molecule has 0 aliphatic heterocycles. The predicted octanol–water partition coefficient (Wildman–Crippen LogP) is 1.67. The summed E-state index contributed by atoms with van der Waals surface area (Å²) in [6, 6.07) is 8.15. The van der Waals surface area contributed by atoms with E-state index in [0.29, 0.717) is 12.0 Å². The summed E-state index contributed by atoms with van der Waals surface area (Å²) < 4.78 is 4.70. The molecule has 6 nitrogen and oxygen atoms in total. The largest absolute Gasteiger partial charge is 0.467 e. The second-order valence-corrected chi connectivity index (χ2v) is 5.32. The van der Waals surface area contributed by atoms with E-state index in [1.807, 2.05) is 19.9 Å². The Morgan fingerprint density at radius 2 is 1.91 bits per heavy atom. The molecule has 0 heterocycles. The number of nitrogens with zero attached hydrogens (tertiary/aromatic N) is 1. The number of nitrogens with one attached hydrogen (secondary N) is 2. The van der Waals surface area contributed by atoms with Crippen LogP contribution >= 0.6 is 0 Å². The average Bonchev–Trinajstić information content (AvgIpc) is 2.51. The second-order valence-electron chi connectivity index (χ2n) is 5.32. The highest BCUT2D eigenvalue weighted by Gasteiger charge is 2.22. The van der Waals surface area contributed by atoms with Gasteiger partial charge < -0.3 is 15.4 Å². The van der Waals surface area contributed by atoms with E-state index in [0.717, 1.165) is 5.69 Å². The number of nitriles is 1. The Labute approximate surface area is 130 Å². The minimum atomic E-state index is -0.639. The maximum Gasteiger partial charge on any atom is 0.328 e. The van der Waals surface area contributed by atoms with Crippen molar-refractivity contribution in [2.75, 3.05) is 19.0 Å². The standard InChI is InChI=1S/C16H21N3O3/c1-11(2)8-14(16(21)22-3)19-15(20)10-18-13-6-4-12(9-17)5-7-13/h4-7,11,14,18H,8,10H2,1-3H3,(H,19,20). The van der Waals surface area contributed by atoms with Gasteiger partial charge in [-0.05, 0) is 36.6 Å². The molecule has 0 bridgehead atoms. The number of esters is 1. The van der Waals surface area contributed by atoms with Gasteiger partial charge in [0.2, 0.25) is 5.91 Å². The van der Waals surface area contributed by atoms with Crippen molar-refractivity contribution in [2.45, 2.75) is 26.3 Å². The minimum Gasteiger partial charge on any atom is -0.467 e. The van der Waals surface area contributed by atoms with Gasteiger partial charge in [0.1, 0.15) is 6.04 Å². The van der Waals surface area contributed by atoms with Gasteiger partial charge in [-0.3, -0.25) is 4.79 Å². The quantitative estimate of drug-likeness (QED) is 0.748. The van der Waals surface area contributed by atoms with Crippen LogP contribution in [0.4, 0.5) is 5.69 Å². The van der Waals surface area contributed by atoms with Crippen molar-refractivity contribution >= 4 is 17.6 Å². The topological polar surface area (TPSA) is 91.2 Å². The first kappa shape index (κ1) is 17.5. The number of carbonyl (C=O) groups is 2. The Kier molecular flexibility index (Phi) is 6.90. The molecule has 1 amide bonds. The normalized spacial score (nSPS) is 11.4. The van der Waals surface area contributed by atoms with E-state index >= 15 is 0 Å². The lowest BCUT2D eigenvalue weighted by molar-refractivity contribution is -0.145. The molecule has 6 heteroatoms. The van der Waals surface area contributed by atoms with Gasteiger partial charge in [0.15, 0.2) is 0 Å². The Morgan fingerprint density at radius 1 is 1.27 bits per heavy atom. The molecular formula is C16H21N3O3. The Hall–Kier alpha value is -2.55. The molecule has 0 fully saturated rings. The predicted molar refractivity (Wildman–Crippen MR) is 83.0 cm³/mol. The van der Waals surface area contributed by atoms with Crippen LogP contribution in [0.25, 0.3) is 0 Å². The van der Waals surface area contributed by atoms with Gasteiger partial charge in [-0.15, -0.1) is 0 Å². The Bertz CT molecular complexity index is 547. The highest BCUT2D eigenvalue weighted by Crippen LogP contribution is 2.09. The molecule has 2 N–H and O–H groups in total. The molecule has 0 saturated heterocycles. The number of anilines is 1. The summed E-state index contributed by atoms with van der Waals surface area (Å²) >= 11 is 0. The fourth-order valence-corrected chi connectivity index (χ4v) is 1.92. The Morgan fingerprint density at radius 3 is 2.41 bits per heavy atom. The molecule has 1 atom stereocenters. The lowest BCUT2D eigenvalue weighted by Crippen LogP contribution is -2.44. The molecule has 22 heavy (non-hydrogen) atoms. The number of benzene rings is 1. The van der Waals surface area contributed by atoms with Crippen molar-refractivity contribution in [2.24, 2.45) is 5.92 Å². The van der Waals surface area contributed by atoms with Gasteiger partial charge in [-0.25, -0.2) is 4.79 Å². The summed E-state index contributed by atoms with van der Waals surface area (Å²) in [4.78, 5) is 23.6. The zero-order chi connectivity index (χ0) is 16.5. The molecule has 1 aromatic carbocycles. The van der Waals surface area contributed by atoms with Gasteiger partial charge >= 0.3 is 5.97 Å². The van der Waals surface area contributed by atoms with E-state index in [-0.39, 0.29) is 18.4 Å². The van der Waals surface area contributed by atoms with Gasteiger partial charge in [0.05, 0.1) is 25.3 Å². The molecular weight excluding hydrogens is 282 g/mol. The first-order valence-electron chi connectivity index (χ1n) is 7.07. The molecule has 1 aromatic rings. The molecule has 1 rings (SSSR count). The summed E-state index contributed by atoms with van der Waals surface area (Å²) in [5.74, 6) is -0.475. The van der Waals surface area contributed by atoms with Crippen LogP contribution in [0.1, 0.15) is 25.8 Å². The smallest absolute Gasteiger partial charge is 0.328 e. The van der Waals surface area contributed by atoms with E-state index in [1.165, 1.54) is 7.11 Å². The first-order chi connectivity index (χ1) is 10.5. The van der Waals surface area contributed by atoms with E-state index < -0.39 is 12.0 Å². The molecule has 0 saturated carbocycles. The molecule has 118 valence electrons. The van der Waals surface area contributed by atoms with Crippen LogP contribution in [0.3, 0.4) is 0 Å². The molecule has 0 radical (unpaired) electrons. The van der Waals surface area contributed by atoms with E-state index in [1.54, 1.807) is 24.3 Å². The van der Waals surface area contributed by atoms with Crippen molar-refractivity contribution in [1.82, 2.24) is 5.32 Å². The van der Waals surface area contributed by atoms with Crippen molar-refractivity contribution < 1.29 is 14.3 Å².